The molecule has 1 heteroatoms. The Hall–Kier alpha value is -2.54. The van der Waals surface area contributed by atoms with E-state index in [2.05, 4.69) is 103 Å². The predicted molar refractivity (Wildman–Crippen MR) is 96.6 cm³/mol. The minimum absolute atomic E-state index is 0.0679. The molecule has 3 aromatic rings. The quantitative estimate of drug-likeness (QED) is 0.610. The SMILES string of the molecule is CC1(c2ccccc2)C(Cc2ccccc2)N1c1ccccc1. The molecular weight excluding hydrogens is 278 g/mol. The molecule has 23 heavy (non-hydrogen) atoms. The van der Waals surface area contributed by atoms with E-state index >= 15 is 0 Å². The molecule has 4 rings (SSSR count). The van der Waals surface area contributed by atoms with Crippen LogP contribution < -0.4 is 4.90 Å². The van der Waals surface area contributed by atoms with Crippen LogP contribution in [-0.4, -0.2) is 6.04 Å². The van der Waals surface area contributed by atoms with Gasteiger partial charge in [-0.25, -0.2) is 0 Å². The largest absolute Gasteiger partial charge is 0.354 e. The lowest BCUT2D eigenvalue weighted by molar-refractivity contribution is 0.722. The van der Waals surface area contributed by atoms with Gasteiger partial charge in [-0.2, -0.15) is 0 Å². The number of nitrogens with zero attached hydrogens (tertiary/aromatic N) is 1. The van der Waals surface area contributed by atoms with E-state index in [9.17, 15) is 0 Å². The third-order valence-corrected chi connectivity index (χ3v) is 5.06. The molecule has 1 aliphatic heterocycles. The van der Waals surface area contributed by atoms with Gasteiger partial charge < -0.3 is 4.90 Å². The van der Waals surface area contributed by atoms with Crippen molar-refractivity contribution in [1.82, 2.24) is 0 Å². The number of hydrogen-bond acceptors (Lipinski definition) is 1. The molecule has 2 unspecified atom stereocenters. The van der Waals surface area contributed by atoms with Crippen molar-refractivity contribution in [3.05, 3.63) is 102 Å². The lowest BCUT2D eigenvalue weighted by Gasteiger charge is -2.13. The van der Waals surface area contributed by atoms with Crippen molar-refractivity contribution in [2.45, 2.75) is 24.9 Å². The van der Waals surface area contributed by atoms with Gasteiger partial charge in [0.2, 0.25) is 0 Å². The molecule has 1 heterocycles. The zero-order chi connectivity index (χ0) is 15.7. The fraction of sp³-hybridized carbons (Fsp3) is 0.182. The minimum Gasteiger partial charge on any atom is -0.354 e. The summed E-state index contributed by atoms with van der Waals surface area (Å²) in [5.74, 6) is 0. The van der Waals surface area contributed by atoms with Crippen LogP contribution in [0, 0.1) is 0 Å². The topological polar surface area (TPSA) is 3.01 Å². The molecule has 0 amide bonds. The van der Waals surface area contributed by atoms with E-state index in [1.807, 2.05) is 0 Å². The van der Waals surface area contributed by atoms with Crippen LogP contribution in [0.15, 0.2) is 91.0 Å². The van der Waals surface area contributed by atoms with Gasteiger partial charge in [0.15, 0.2) is 0 Å². The Kier molecular flexibility index (Phi) is 3.42. The second-order valence-electron chi connectivity index (χ2n) is 6.42. The summed E-state index contributed by atoms with van der Waals surface area (Å²) in [5.41, 5.74) is 4.17. The Labute approximate surface area is 138 Å². The van der Waals surface area contributed by atoms with E-state index in [0.29, 0.717) is 6.04 Å². The first-order valence-electron chi connectivity index (χ1n) is 8.24. The third-order valence-electron chi connectivity index (χ3n) is 5.06. The number of para-hydroxylation sites is 1. The van der Waals surface area contributed by atoms with E-state index < -0.39 is 0 Å². The molecule has 1 saturated heterocycles. The number of hydrogen-bond donors (Lipinski definition) is 0. The van der Waals surface area contributed by atoms with Crippen molar-refractivity contribution in [3.8, 4) is 0 Å². The third kappa shape index (κ3) is 2.43. The molecule has 0 spiro atoms. The zero-order valence-corrected chi connectivity index (χ0v) is 13.4. The van der Waals surface area contributed by atoms with E-state index in [1.54, 1.807) is 0 Å². The summed E-state index contributed by atoms with van der Waals surface area (Å²) in [6, 6.07) is 32.9. The summed E-state index contributed by atoms with van der Waals surface area (Å²) < 4.78 is 0. The van der Waals surface area contributed by atoms with Crippen LogP contribution >= 0.6 is 0 Å². The Morgan fingerprint density at radius 1 is 0.739 bits per heavy atom. The van der Waals surface area contributed by atoms with Crippen molar-refractivity contribution < 1.29 is 0 Å². The molecule has 1 aliphatic rings. The standard InChI is InChI=1S/C22H21N/c1-22(19-13-7-3-8-14-19)21(17-18-11-5-2-6-12-18)23(22)20-15-9-4-10-16-20/h2-16,21H,17H2,1H3. The molecule has 0 N–H and O–H groups in total. The van der Waals surface area contributed by atoms with Gasteiger partial charge in [0, 0.05) is 5.69 Å². The van der Waals surface area contributed by atoms with Gasteiger partial charge in [0.1, 0.15) is 0 Å². The van der Waals surface area contributed by atoms with Crippen molar-refractivity contribution in [3.63, 3.8) is 0 Å². The van der Waals surface area contributed by atoms with Crippen molar-refractivity contribution in [2.75, 3.05) is 4.90 Å². The molecule has 0 aliphatic carbocycles. The molecule has 1 nitrogen and oxygen atoms in total. The summed E-state index contributed by atoms with van der Waals surface area (Å²) in [7, 11) is 0. The minimum atomic E-state index is 0.0679. The van der Waals surface area contributed by atoms with Crippen LogP contribution in [-0.2, 0) is 12.0 Å². The van der Waals surface area contributed by atoms with Gasteiger partial charge in [0.05, 0.1) is 11.6 Å². The van der Waals surface area contributed by atoms with Crippen molar-refractivity contribution >= 4 is 5.69 Å². The van der Waals surface area contributed by atoms with Gasteiger partial charge in [0.25, 0.3) is 0 Å². The van der Waals surface area contributed by atoms with Crippen molar-refractivity contribution in [2.24, 2.45) is 0 Å². The van der Waals surface area contributed by atoms with Crippen molar-refractivity contribution in [1.29, 1.82) is 0 Å². The number of benzene rings is 3. The van der Waals surface area contributed by atoms with Crippen LogP contribution in [0.4, 0.5) is 5.69 Å². The first-order valence-corrected chi connectivity index (χ1v) is 8.24. The average molecular weight is 299 g/mol. The fourth-order valence-electron chi connectivity index (χ4n) is 3.73. The summed E-state index contributed by atoms with van der Waals surface area (Å²) in [6.07, 6.45) is 1.07. The van der Waals surface area contributed by atoms with Gasteiger partial charge in [-0.1, -0.05) is 78.9 Å². The Morgan fingerprint density at radius 3 is 1.87 bits per heavy atom. The van der Waals surface area contributed by atoms with Crippen LogP contribution in [0.1, 0.15) is 18.1 Å². The van der Waals surface area contributed by atoms with Crippen LogP contribution in [0.3, 0.4) is 0 Å². The van der Waals surface area contributed by atoms with Crippen LogP contribution in [0.25, 0.3) is 0 Å². The number of anilines is 1. The summed E-state index contributed by atoms with van der Waals surface area (Å²) >= 11 is 0. The molecule has 3 aromatic carbocycles. The molecule has 0 bridgehead atoms. The molecule has 2 atom stereocenters. The lowest BCUT2D eigenvalue weighted by atomic mass is 9.94. The van der Waals surface area contributed by atoms with E-state index in [1.165, 1.54) is 16.8 Å². The monoisotopic (exact) mass is 299 g/mol. The molecule has 0 saturated carbocycles. The molecule has 0 radical (unpaired) electrons. The maximum atomic E-state index is 2.55. The summed E-state index contributed by atoms with van der Waals surface area (Å²) in [6.45, 7) is 2.36. The molecule has 114 valence electrons. The summed E-state index contributed by atoms with van der Waals surface area (Å²) in [4.78, 5) is 2.55. The van der Waals surface area contributed by atoms with E-state index in [4.69, 9.17) is 0 Å². The molecule has 1 fully saturated rings. The Balaban J connectivity index is 1.70. The first kappa shape index (κ1) is 14.1. The van der Waals surface area contributed by atoms with Gasteiger partial charge in [-0.05, 0) is 36.6 Å². The highest BCUT2D eigenvalue weighted by Crippen LogP contribution is 2.53. The fourth-order valence-corrected chi connectivity index (χ4v) is 3.73. The van der Waals surface area contributed by atoms with E-state index in [0.717, 1.165) is 6.42 Å². The zero-order valence-electron chi connectivity index (χ0n) is 13.4. The second kappa shape index (κ2) is 5.58. The normalized spacial score (nSPS) is 22.8. The first-order chi connectivity index (χ1) is 11.3. The highest BCUT2D eigenvalue weighted by molar-refractivity contribution is 5.63. The predicted octanol–water partition coefficient (Wildman–Crippen LogP) is 5.03. The number of rotatable bonds is 4. The van der Waals surface area contributed by atoms with Gasteiger partial charge in [-0.3, -0.25) is 0 Å². The average Bonchev–Trinajstić information content (AvgIpc) is 3.22. The summed E-state index contributed by atoms with van der Waals surface area (Å²) in [5, 5.41) is 0. The highest BCUT2D eigenvalue weighted by Gasteiger charge is 2.59. The lowest BCUT2D eigenvalue weighted by Crippen LogP contribution is -2.11. The highest BCUT2D eigenvalue weighted by atomic mass is 15.4. The smallest absolute Gasteiger partial charge is 0.0836 e. The van der Waals surface area contributed by atoms with Crippen LogP contribution in [0.5, 0.6) is 0 Å². The Morgan fingerprint density at radius 2 is 1.26 bits per heavy atom. The Bertz CT molecular complexity index is 767. The van der Waals surface area contributed by atoms with Crippen LogP contribution in [0.2, 0.25) is 0 Å². The van der Waals surface area contributed by atoms with Gasteiger partial charge >= 0.3 is 0 Å². The maximum Gasteiger partial charge on any atom is 0.0836 e. The van der Waals surface area contributed by atoms with E-state index in [-0.39, 0.29) is 5.54 Å². The maximum absolute atomic E-state index is 2.55. The second-order valence-corrected chi connectivity index (χ2v) is 6.42. The van der Waals surface area contributed by atoms with Gasteiger partial charge in [-0.15, -0.1) is 0 Å². The molecular formula is C22H21N. The molecule has 0 aromatic heterocycles.